The summed E-state index contributed by atoms with van der Waals surface area (Å²) in [4.78, 5) is 0. The number of aromatic nitrogens is 2. The fraction of sp³-hybridized carbons (Fsp3) is 0.500. The Labute approximate surface area is 127 Å². The molecule has 2 unspecified atom stereocenters. The molecular weight excluding hydrogens is 260 g/mol. The van der Waals surface area contributed by atoms with Gasteiger partial charge in [0, 0.05) is 18.5 Å². The van der Waals surface area contributed by atoms with Crippen molar-refractivity contribution in [1.29, 1.82) is 0 Å². The van der Waals surface area contributed by atoms with Crippen molar-refractivity contribution in [1.82, 2.24) is 9.78 Å². The third kappa shape index (κ3) is 3.94. The molecule has 1 aromatic carbocycles. The number of hydrogen-bond donors (Lipinski definition) is 1. The number of aliphatic hydroxyl groups excluding tert-OH is 1. The van der Waals surface area contributed by atoms with Gasteiger partial charge in [-0.25, -0.2) is 0 Å². The third-order valence-electron chi connectivity index (χ3n) is 4.30. The van der Waals surface area contributed by atoms with Crippen molar-refractivity contribution in [2.45, 2.75) is 58.1 Å². The number of aliphatic hydroxyl groups is 1. The Bertz CT molecular complexity index is 531. The van der Waals surface area contributed by atoms with E-state index in [1.54, 1.807) is 0 Å². The van der Waals surface area contributed by atoms with Crippen LogP contribution < -0.4 is 0 Å². The quantitative estimate of drug-likeness (QED) is 0.837. The van der Waals surface area contributed by atoms with Crippen LogP contribution in [0.5, 0.6) is 0 Å². The van der Waals surface area contributed by atoms with Gasteiger partial charge in [0.05, 0.1) is 17.8 Å². The maximum Gasteiger partial charge on any atom is 0.0662 e. The topological polar surface area (TPSA) is 38.0 Å². The first-order chi connectivity index (χ1) is 10.2. The van der Waals surface area contributed by atoms with Gasteiger partial charge >= 0.3 is 0 Å². The molecule has 2 aromatic rings. The van der Waals surface area contributed by atoms with E-state index >= 15 is 0 Å². The van der Waals surface area contributed by atoms with Gasteiger partial charge in [0.15, 0.2) is 0 Å². The predicted molar refractivity (Wildman–Crippen MR) is 86.4 cm³/mol. The van der Waals surface area contributed by atoms with E-state index in [4.69, 9.17) is 0 Å². The van der Waals surface area contributed by atoms with Crippen LogP contribution in [0.3, 0.4) is 0 Å². The molecule has 0 aliphatic heterocycles. The van der Waals surface area contributed by atoms with Crippen LogP contribution >= 0.6 is 0 Å². The normalized spacial score (nSPS) is 14.3. The van der Waals surface area contributed by atoms with Gasteiger partial charge < -0.3 is 5.11 Å². The third-order valence-corrected chi connectivity index (χ3v) is 4.30. The summed E-state index contributed by atoms with van der Waals surface area (Å²) in [5, 5.41) is 15.1. The van der Waals surface area contributed by atoms with Crippen LogP contribution in [-0.2, 0) is 6.42 Å². The molecule has 0 aliphatic rings. The summed E-state index contributed by atoms with van der Waals surface area (Å²) in [6.45, 7) is 6.43. The van der Waals surface area contributed by atoms with Crippen molar-refractivity contribution in [3.05, 3.63) is 53.9 Å². The minimum Gasteiger partial charge on any atom is -0.392 e. The average Bonchev–Trinajstić information content (AvgIpc) is 2.97. The molecule has 1 N–H and O–H groups in total. The molecule has 1 aromatic heterocycles. The van der Waals surface area contributed by atoms with E-state index in [2.05, 4.69) is 38.0 Å². The maximum atomic E-state index is 10.4. The highest BCUT2D eigenvalue weighted by atomic mass is 16.3. The maximum absolute atomic E-state index is 10.4. The molecule has 2 rings (SSSR count). The number of nitrogens with zero attached hydrogens (tertiary/aromatic N) is 2. The van der Waals surface area contributed by atoms with Gasteiger partial charge in [-0.05, 0) is 24.5 Å². The zero-order chi connectivity index (χ0) is 15.2. The number of hydrogen-bond acceptors (Lipinski definition) is 2. The van der Waals surface area contributed by atoms with Crippen molar-refractivity contribution in [3.8, 4) is 0 Å². The van der Waals surface area contributed by atoms with E-state index in [0.29, 0.717) is 12.5 Å². The molecule has 3 nitrogen and oxygen atoms in total. The Balaban J connectivity index is 2.01. The van der Waals surface area contributed by atoms with Crippen LogP contribution in [0.2, 0.25) is 0 Å². The van der Waals surface area contributed by atoms with Crippen LogP contribution in [0.25, 0.3) is 0 Å². The molecule has 0 fully saturated rings. The summed E-state index contributed by atoms with van der Waals surface area (Å²) in [5.74, 6) is 0.115. The summed E-state index contributed by atoms with van der Waals surface area (Å²) >= 11 is 0. The first-order valence-corrected chi connectivity index (χ1v) is 7.92. The lowest BCUT2D eigenvalue weighted by Gasteiger charge is -2.18. The SMILES string of the molecule is CCC(CC)n1ccc(CC(O)C(C)c2ccccc2)n1. The fourth-order valence-electron chi connectivity index (χ4n) is 2.72. The Morgan fingerprint density at radius 1 is 1.10 bits per heavy atom. The molecule has 0 saturated heterocycles. The average molecular weight is 286 g/mol. The second-order valence-corrected chi connectivity index (χ2v) is 5.73. The molecule has 114 valence electrons. The van der Waals surface area contributed by atoms with Gasteiger partial charge in [-0.2, -0.15) is 5.10 Å². The smallest absolute Gasteiger partial charge is 0.0662 e. The molecule has 0 bridgehead atoms. The standard InChI is InChI=1S/C18H26N2O/c1-4-17(5-2)20-12-11-16(19-20)13-18(21)14(3)15-9-7-6-8-10-15/h6-12,14,17-18,21H,4-5,13H2,1-3H3. The summed E-state index contributed by atoms with van der Waals surface area (Å²) in [7, 11) is 0. The highest BCUT2D eigenvalue weighted by Gasteiger charge is 2.18. The van der Waals surface area contributed by atoms with E-state index in [1.165, 1.54) is 5.56 Å². The molecule has 2 atom stereocenters. The Kier molecular flexibility index (Phi) is 5.57. The first-order valence-electron chi connectivity index (χ1n) is 7.92. The highest BCUT2D eigenvalue weighted by Crippen LogP contribution is 2.22. The van der Waals surface area contributed by atoms with Crippen LogP contribution in [0.4, 0.5) is 0 Å². The van der Waals surface area contributed by atoms with E-state index in [9.17, 15) is 5.11 Å². The Hall–Kier alpha value is -1.61. The zero-order valence-electron chi connectivity index (χ0n) is 13.2. The fourth-order valence-corrected chi connectivity index (χ4v) is 2.72. The molecule has 1 heterocycles. The van der Waals surface area contributed by atoms with Gasteiger partial charge in [-0.1, -0.05) is 51.1 Å². The summed E-state index contributed by atoms with van der Waals surface area (Å²) in [6, 6.07) is 12.6. The molecule has 0 radical (unpaired) electrons. The molecule has 3 heteroatoms. The molecule has 0 spiro atoms. The summed E-state index contributed by atoms with van der Waals surface area (Å²) < 4.78 is 2.04. The largest absolute Gasteiger partial charge is 0.392 e. The van der Waals surface area contributed by atoms with Gasteiger partial charge in [-0.3, -0.25) is 4.68 Å². The van der Waals surface area contributed by atoms with E-state index in [0.717, 1.165) is 18.5 Å². The predicted octanol–water partition coefficient (Wildman–Crippen LogP) is 3.95. The van der Waals surface area contributed by atoms with Crippen molar-refractivity contribution in [2.75, 3.05) is 0 Å². The van der Waals surface area contributed by atoms with Crippen molar-refractivity contribution in [2.24, 2.45) is 0 Å². The number of benzene rings is 1. The van der Waals surface area contributed by atoms with E-state index < -0.39 is 6.10 Å². The first kappa shape index (κ1) is 15.8. The van der Waals surface area contributed by atoms with Gasteiger partial charge in [0.1, 0.15) is 0 Å². The molecule has 0 aliphatic carbocycles. The monoisotopic (exact) mass is 286 g/mol. The zero-order valence-corrected chi connectivity index (χ0v) is 13.2. The Morgan fingerprint density at radius 3 is 2.38 bits per heavy atom. The van der Waals surface area contributed by atoms with Crippen LogP contribution in [0.15, 0.2) is 42.6 Å². The van der Waals surface area contributed by atoms with Crippen LogP contribution in [-0.4, -0.2) is 21.0 Å². The molecule has 0 saturated carbocycles. The lowest BCUT2D eigenvalue weighted by Crippen LogP contribution is -2.19. The van der Waals surface area contributed by atoms with Crippen LogP contribution in [0, 0.1) is 0 Å². The van der Waals surface area contributed by atoms with Gasteiger partial charge in [-0.15, -0.1) is 0 Å². The molecule has 0 amide bonds. The summed E-state index contributed by atoms with van der Waals surface area (Å²) in [6.07, 6.45) is 4.40. The van der Waals surface area contributed by atoms with E-state index in [-0.39, 0.29) is 5.92 Å². The second-order valence-electron chi connectivity index (χ2n) is 5.73. The second kappa shape index (κ2) is 7.41. The van der Waals surface area contributed by atoms with Gasteiger partial charge in [0.2, 0.25) is 0 Å². The summed E-state index contributed by atoms with van der Waals surface area (Å²) in [5.41, 5.74) is 2.14. The van der Waals surface area contributed by atoms with Crippen molar-refractivity contribution >= 4 is 0 Å². The Morgan fingerprint density at radius 2 is 1.76 bits per heavy atom. The van der Waals surface area contributed by atoms with Crippen LogP contribution in [0.1, 0.15) is 56.8 Å². The molecule has 21 heavy (non-hydrogen) atoms. The van der Waals surface area contributed by atoms with E-state index in [1.807, 2.05) is 35.1 Å². The highest BCUT2D eigenvalue weighted by molar-refractivity contribution is 5.20. The lowest BCUT2D eigenvalue weighted by molar-refractivity contribution is 0.148. The minimum atomic E-state index is -0.405. The number of rotatable bonds is 7. The molecular formula is C18H26N2O. The van der Waals surface area contributed by atoms with Gasteiger partial charge in [0.25, 0.3) is 0 Å². The van der Waals surface area contributed by atoms with Crippen molar-refractivity contribution < 1.29 is 5.11 Å². The van der Waals surface area contributed by atoms with Crippen molar-refractivity contribution in [3.63, 3.8) is 0 Å². The minimum absolute atomic E-state index is 0.115. The lowest BCUT2D eigenvalue weighted by atomic mass is 9.93.